The molecular formula is C21H23Br2N5O4. The Morgan fingerprint density at radius 1 is 1.12 bits per heavy atom. The van der Waals surface area contributed by atoms with Gasteiger partial charge in [0.25, 0.3) is 11.8 Å². The van der Waals surface area contributed by atoms with Crippen LogP contribution in [0.5, 0.6) is 0 Å². The molecule has 0 bridgehead atoms. The minimum Gasteiger partial charge on any atom is -0.353 e. The molecule has 2 saturated heterocycles. The number of urea groups is 1. The maximum absolute atomic E-state index is 13.1. The van der Waals surface area contributed by atoms with Gasteiger partial charge in [0.15, 0.2) is 0 Å². The second-order valence-corrected chi connectivity index (χ2v) is 9.84. The van der Waals surface area contributed by atoms with Gasteiger partial charge in [0.1, 0.15) is 11.7 Å². The Kier molecular flexibility index (Phi) is 6.85. The van der Waals surface area contributed by atoms with Crippen molar-refractivity contribution in [2.24, 2.45) is 0 Å². The summed E-state index contributed by atoms with van der Waals surface area (Å²) in [7, 11) is 0. The van der Waals surface area contributed by atoms with E-state index in [4.69, 9.17) is 0 Å². The fourth-order valence-electron chi connectivity index (χ4n) is 4.13. The third-order valence-corrected chi connectivity index (χ3v) is 6.90. The Morgan fingerprint density at radius 3 is 2.69 bits per heavy atom. The van der Waals surface area contributed by atoms with E-state index in [2.05, 4.69) is 52.8 Å². The molecule has 1 aromatic heterocycles. The number of halogens is 2. The Balaban J connectivity index is 1.30. The number of H-pyrrole nitrogens is 1. The number of carbonyl (C=O) groups is 4. The van der Waals surface area contributed by atoms with Gasteiger partial charge in [-0.05, 0) is 43.9 Å². The average Bonchev–Trinajstić information content (AvgIpc) is 3.21. The molecule has 0 spiro atoms. The van der Waals surface area contributed by atoms with Gasteiger partial charge >= 0.3 is 6.03 Å². The number of amides is 5. The second kappa shape index (κ2) is 9.62. The van der Waals surface area contributed by atoms with Crippen molar-refractivity contribution in [1.82, 2.24) is 25.8 Å². The molecule has 11 heteroatoms. The molecule has 1 aromatic carbocycles. The lowest BCUT2D eigenvalue weighted by molar-refractivity contribution is -0.122. The molecule has 2 aliphatic rings. The van der Waals surface area contributed by atoms with Gasteiger partial charge < -0.3 is 20.5 Å². The Bertz CT molecular complexity index is 1090. The quantitative estimate of drug-likeness (QED) is 0.414. The van der Waals surface area contributed by atoms with E-state index in [0.29, 0.717) is 25.2 Å². The number of nitrogens with zero attached hydrogens (tertiary/aromatic N) is 1. The highest BCUT2D eigenvalue weighted by Crippen LogP contribution is 2.29. The normalized spacial score (nSPS) is 21.2. The zero-order valence-electron chi connectivity index (χ0n) is 17.2. The van der Waals surface area contributed by atoms with Gasteiger partial charge in [-0.3, -0.25) is 19.7 Å². The lowest BCUT2D eigenvalue weighted by Crippen LogP contribution is -2.38. The molecule has 0 aliphatic carbocycles. The van der Waals surface area contributed by atoms with Gasteiger partial charge in [-0.1, -0.05) is 31.9 Å². The Hall–Kier alpha value is -2.40. The van der Waals surface area contributed by atoms with Crippen LogP contribution >= 0.6 is 31.9 Å². The molecular weight excluding hydrogens is 546 g/mol. The number of hydrogen-bond donors (Lipinski definition) is 4. The van der Waals surface area contributed by atoms with E-state index in [1.54, 1.807) is 0 Å². The fraction of sp³-hybridized carbons (Fsp3) is 0.429. The third-order valence-electron chi connectivity index (χ3n) is 5.78. The monoisotopic (exact) mass is 567 g/mol. The molecule has 170 valence electrons. The van der Waals surface area contributed by atoms with Crippen molar-refractivity contribution in [2.45, 2.75) is 44.2 Å². The van der Waals surface area contributed by atoms with Crippen LogP contribution in [-0.2, 0) is 9.59 Å². The largest absolute Gasteiger partial charge is 0.353 e. The predicted octanol–water partition coefficient (Wildman–Crippen LogP) is 2.79. The molecule has 32 heavy (non-hydrogen) atoms. The fourth-order valence-corrected chi connectivity index (χ4v) is 5.47. The van der Waals surface area contributed by atoms with Crippen molar-refractivity contribution in [3.8, 4) is 0 Å². The first-order valence-corrected chi connectivity index (χ1v) is 12.1. The highest BCUT2D eigenvalue weighted by molar-refractivity contribution is 9.11. The molecule has 4 rings (SSSR count). The minimum atomic E-state index is -0.660. The molecule has 2 fully saturated rings. The van der Waals surface area contributed by atoms with Crippen LogP contribution in [0, 0.1) is 0 Å². The van der Waals surface area contributed by atoms with Gasteiger partial charge in [-0.2, -0.15) is 0 Å². The van der Waals surface area contributed by atoms with E-state index >= 15 is 0 Å². The van der Waals surface area contributed by atoms with Crippen LogP contribution in [0.3, 0.4) is 0 Å². The van der Waals surface area contributed by atoms with Crippen molar-refractivity contribution >= 4 is 66.5 Å². The summed E-state index contributed by atoms with van der Waals surface area (Å²) < 4.78 is 1.83. The van der Waals surface area contributed by atoms with Crippen LogP contribution in [0.1, 0.15) is 42.6 Å². The lowest BCUT2D eigenvalue weighted by atomic mass is 10.1. The van der Waals surface area contributed by atoms with E-state index in [1.807, 2.05) is 23.1 Å². The summed E-state index contributed by atoms with van der Waals surface area (Å²) in [5.41, 5.74) is 1.42. The lowest BCUT2D eigenvalue weighted by Gasteiger charge is -2.20. The molecule has 2 aliphatic heterocycles. The van der Waals surface area contributed by atoms with Crippen LogP contribution in [0.4, 0.5) is 4.79 Å². The number of rotatable bonds is 5. The van der Waals surface area contributed by atoms with E-state index < -0.39 is 18.0 Å². The minimum absolute atomic E-state index is 0.0277. The molecule has 5 amide bonds. The Morgan fingerprint density at radius 2 is 1.94 bits per heavy atom. The first-order valence-electron chi connectivity index (χ1n) is 10.5. The summed E-state index contributed by atoms with van der Waals surface area (Å²) in [5.74, 6) is -0.614. The molecule has 2 aromatic rings. The molecule has 4 N–H and O–H groups in total. The van der Waals surface area contributed by atoms with Crippen LogP contribution in [0.15, 0.2) is 27.1 Å². The number of carbonyl (C=O) groups excluding carboxylic acids is 4. The number of benzene rings is 1. The maximum atomic E-state index is 13.1. The molecule has 9 nitrogen and oxygen atoms in total. The van der Waals surface area contributed by atoms with E-state index in [1.165, 1.54) is 0 Å². The summed E-state index contributed by atoms with van der Waals surface area (Å²) in [4.78, 5) is 53.1. The first kappa shape index (κ1) is 22.8. The highest BCUT2D eigenvalue weighted by Gasteiger charge is 2.30. The van der Waals surface area contributed by atoms with E-state index in [9.17, 15) is 19.2 Å². The highest BCUT2D eigenvalue weighted by atomic mass is 79.9. The molecule has 2 unspecified atom stereocenters. The first-order chi connectivity index (χ1) is 15.3. The summed E-state index contributed by atoms with van der Waals surface area (Å²) in [6, 6.07) is 4.52. The third kappa shape index (κ3) is 5.15. The number of nitrogens with one attached hydrogen (secondary N) is 4. The standard InChI is InChI=1S/C21H23Br2N5O4/c22-11-8-14(23)13-10-17(25-16(13)9-11)20(31)28-6-1-2-12(5-7-28)24-18(29)4-3-15-19(30)27-21(32)26-15/h8-10,12,15,25H,1-7H2,(H,24,29)(H2,26,27,30,32). The van der Waals surface area contributed by atoms with E-state index in [-0.39, 0.29) is 30.7 Å². The number of aromatic amines is 1. The van der Waals surface area contributed by atoms with Gasteiger partial charge in [0, 0.05) is 45.4 Å². The Labute approximate surface area is 201 Å². The molecule has 3 heterocycles. The van der Waals surface area contributed by atoms with Crippen molar-refractivity contribution < 1.29 is 19.2 Å². The summed E-state index contributed by atoms with van der Waals surface area (Å²) >= 11 is 6.99. The molecule has 0 saturated carbocycles. The van der Waals surface area contributed by atoms with Crippen LogP contribution in [-0.4, -0.2) is 58.8 Å². The zero-order chi connectivity index (χ0) is 22.8. The number of fused-ring (bicyclic) bond motifs is 1. The van der Waals surface area contributed by atoms with Gasteiger partial charge in [-0.15, -0.1) is 0 Å². The van der Waals surface area contributed by atoms with Gasteiger partial charge in [0.2, 0.25) is 5.91 Å². The van der Waals surface area contributed by atoms with Crippen LogP contribution in [0.25, 0.3) is 10.9 Å². The van der Waals surface area contributed by atoms with E-state index in [0.717, 1.165) is 32.7 Å². The topological polar surface area (TPSA) is 123 Å². The molecule has 2 atom stereocenters. The summed E-state index contributed by atoms with van der Waals surface area (Å²) in [6.07, 6.45) is 2.63. The summed E-state index contributed by atoms with van der Waals surface area (Å²) in [5, 5.41) is 8.60. The van der Waals surface area contributed by atoms with Crippen molar-refractivity contribution in [3.63, 3.8) is 0 Å². The van der Waals surface area contributed by atoms with Gasteiger partial charge in [-0.25, -0.2) is 4.79 Å². The number of aromatic nitrogens is 1. The second-order valence-electron chi connectivity index (χ2n) is 8.07. The predicted molar refractivity (Wildman–Crippen MR) is 125 cm³/mol. The smallest absolute Gasteiger partial charge is 0.322 e. The van der Waals surface area contributed by atoms with Crippen LogP contribution < -0.4 is 16.0 Å². The van der Waals surface area contributed by atoms with Crippen molar-refractivity contribution in [2.75, 3.05) is 13.1 Å². The molecule has 0 radical (unpaired) electrons. The number of hydrogen-bond acceptors (Lipinski definition) is 4. The van der Waals surface area contributed by atoms with Crippen LogP contribution in [0.2, 0.25) is 0 Å². The number of likely N-dealkylation sites (tertiary alicyclic amines) is 1. The van der Waals surface area contributed by atoms with Crippen molar-refractivity contribution in [1.29, 1.82) is 0 Å². The zero-order valence-corrected chi connectivity index (χ0v) is 20.3. The van der Waals surface area contributed by atoms with Gasteiger partial charge in [0.05, 0.1) is 0 Å². The average molecular weight is 569 g/mol. The SMILES string of the molecule is O=C(CCC1NC(=O)NC1=O)NC1CCCN(C(=O)c2cc3c(Br)cc(Br)cc3[nH]2)CC1. The summed E-state index contributed by atoms with van der Waals surface area (Å²) in [6.45, 7) is 1.17. The number of imide groups is 1. The van der Waals surface area contributed by atoms with Crippen molar-refractivity contribution in [3.05, 3.63) is 32.8 Å². The maximum Gasteiger partial charge on any atom is 0.322 e.